The maximum absolute atomic E-state index is 5.70. The minimum Gasteiger partial charge on any atom is -0.424 e. The van der Waals surface area contributed by atoms with Crippen molar-refractivity contribution in [3.8, 4) is 11.8 Å². The van der Waals surface area contributed by atoms with Gasteiger partial charge in [-0.3, -0.25) is 0 Å². The third-order valence-corrected chi connectivity index (χ3v) is 3.66. The number of benzene rings is 1. The van der Waals surface area contributed by atoms with Crippen molar-refractivity contribution in [1.82, 2.24) is 9.97 Å². The first kappa shape index (κ1) is 12.3. The summed E-state index contributed by atoms with van der Waals surface area (Å²) in [7, 11) is 0. The quantitative estimate of drug-likeness (QED) is 0.829. The van der Waals surface area contributed by atoms with Crippen molar-refractivity contribution in [2.24, 2.45) is 0 Å². The largest absolute Gasteiger partial charge is 0.424 e. The summed E-state index contributed by atoms with van der Waals surface area (Å²) in [6.45, 7) is 4.01. The molecule has 17 heavy (non-hydrogen) atoms. The molecule has 3 nitrogen and oxygen atoms in total. The minimum absolute atomic E-state index is 0.288. The molecule has 0 atom stereocenters. The average Bonchev–Trinajstić information content (AvgIpc) is 2.29. The Morgan fingerprint density at radius 1 is 1.12 bits per heavy atom. The number of halogens is 2. The van der Waals surface area contributed by atoms with Gasteiger partial charge < -0.3 is 4.74 Å². The van der Waals surface area contributed by atoms with Gasteiger partial charge in [0.25, 0.3) is 0 Å². The summed E-state index contributed by atoms with van der Waals surface area (Å²) in [6.07, 6.45) is 3.00. The van der Waals surface area contributed by atoms with Crippen LogP contribution in [0.15, 0.2) is 29.0 Å². The van der Waals surface area contributed by atoms with E-state index >= 15 is 0 Å². The van der Waals surface area contributed by atoms with Gasteiger partial charge in [0.2, 0.25) is 0 Å². The molecule has 0 radical (unpaired) electrons. The van der Waals surface area contributed by atoms with Gasteiger partial charge >= 0.3 is 6.01 Å². The Bertz CT molecular complexity index is 520. The van der Waals surface area contributed by atoms with Crippen LogP contribution < -0.4 is 4.74 Å². The third-order valence-electron chi connectivity index (χ3n) is 2.22. The minimum atomic E-state index is 0.288. The van der Waals surface area contributed by atoms with Gasteiger partial charge in [0.15, 0.2) is 0 Å². The van der Waals surface area contributed by atoms with Gasteiger partial charge in [-0.15, -0.1) is 0 Å². The van der Waals surface area contributed by atoms with Crippen molar-refractivity contribution in [3.63, 3.8) is 0 Å². The number of hydrogen-bond acceptors (Lipinski definition) is 3. The SMILES string of the molecule is Cc1cc(Oc2ncc(Cl)cn2)cc(C)c1Br. The number of hydrogen-bond donors (Lipinski definition) is 0. The van der Waals surface area contributed by atoms with E-state index in [0.717, 1.165) is 15.6 Å². The van der Waals surface area contributed by atoms with E-state index in [2.05, 4.69) is 25.9 Å². The van der Waals surface area contributed by atoms with Gasteiger partial charge in [-0.2, -0.15) is 0 Å². The Morgan fingerprint density at radius 2 is 1.65 bits per heavy atom. The van der Waals surface area contributed by atoms with Crippen LogP contribution in [-0.4, -0.2) is 9.97 Å². The molecule has 0 spiro atoms. The summed E-state index contributed by atoms with van der Waals surface area (Å²) >= 11 is 9.20. The van der Waals surface area contributed by atoms with E-state index in [-0.39, 0.29) is 6.01 Å². The zero-order valence-corrected chi connectivity index (χ0v) is 11.7. The fourth-order valence-corrected chi connectivity index (χ4v) is 1.75. The molecular formula is C12H10BrClN2O. The first-order valence-corrected chi connectivity index (χ1v) is 6.15. The second-order valence-corrected chi connectivity index (χ2v) is 4.89. The topological polar surface area (TPSA) is 35.0 Å². The van der Waals surface area contributed by atoms with Crippen molar-refractivity contribution in [2.45, 2.75) is 13.8 Å². The van der Waals surface area contributed by atoms with Gasteiger partial charge in [0, 0.05) is 4.47 Å². The summed E-state index contributed by atoms with van der Waals surface area (Å²) in [5, 5.41) is 0.487. The third kappa shape index (κ3) is 2.96. The number of rotatable bonds is 2. The Kier molecular flexibility index (Phi) is 3.64. The molecule has 88 valence electrons. The van der Waals surface area contributed by atoms with Crippen molar-refractivity contribution < 1.29 is 4.74 Å². The summed E-state index contributed by atoms with van der Waals surface area (Å²) in [5.41, 5.74) is 2.21. The second kappa shape index (κ2) is 5.02. The summed E-state index contributed by atoms with van der Waals surface area (Å²) in [6, 6.07) is 4.14. The van der Waals surface area contributed by atoms with Gasteiger partial charge in [0.1, 0.15) is 5.75 Å². The molecule has 0 aliphatic heterocycles. The molecule has 0 N–H and O–H groups in total. The van der Waals surface area contributed by atoms with Crippen molar-refractivity contribution in [3.05, 3.63) is 45.1 Å². The normalized spacial score (nSPS) is 10.4. The number of ether oxygens (including phenoxy) is 1. The van der Waals surface area contributed by atoms with Crippen LogP contribution in [0.4, 0.5) is 0 Å². The molecule has 2 rings (SSSR count). The molecule has 0 unspecified atom stereocenters. The highest BCUT2D eigenvalue weighted by Crippen LogP contribution is 2.28. The zero-order valence-electron chi connectivity index (χ0n) is 9.37. The molecule has 0 aliphatic carbocycles. The first-order valence-electron chi connectivity index (χ1n) is 4.98. The Labute approximate surface area is 113 Å². The molecular weight excluding hydrogens is 304 g/mol. The highest BCUT2D eigenvalue weighted by Gasteiger charge is 2.05. The van der Waals surface area contributed by atoms with Crippen LogP contribution in [0.25, 0.3) is 0 Å². The molecule has 0 fully saturated rings. The Hall–Kier alpha value is -1.13. The molecule has 0 bridgehead atoms. The van der Waals surface area contributed by atoms with Crippen molar-refractivity contribution >= 4 is 27.5 Å². The van der Waals surface area contributed by atoms with Crippen LogP contribution >= 0.6 is 27.5 Å². The Balaban J connectivity index is 2.27. The smallest absolute Gasteiger partial charge is 0.321 e. The van der Waals surface area contributed by atoms with Crippen LogP contribution in [0.3, 0.4) is 0 Å². The molecule has 2 aromatic rings. The predicted molar refractivity (Wildman–Crippen MR) is 70.7 cm³/mol. The van der Waals surface area contributed by atoms with Gasteiger partial charge in [-0.1, -0.05) is 27.5 Å². The van der Waals surface area contributed by atoms with Crippen LogP contribution in [-0.2, 0) is 0 Å². The summed E-state index contributed by atoms with van der Waals surface area (Å²) in [4.78, 5) is 7.96. The van der Waals surface area contributed by atoms with Crippen LogP contribution in [0.1, 0.15) is 11.1 Å². The van der Waals surface area contributed by atoms with E-state index in [4.69, 9.17) is 16.3 Å². The lowest BCUT2D eigenvalue weighted by Gasteiger charge is -2.08. The lowest BCUT2D eigenvalue weighted by Crippen LogP contribution is -1.92. The van der Waals surface area contributed by atoms with Crippen LogP contribution in [0.5, 0.6) is 11.8 Å². The lowest BCUT2D eigenvalue weighted by molar-refractivity contribution is 0.441. The number of nitrogens with zero attached hydrogens (tertiary/aromatic N) is 2. The molecule has 1 aromatic heterocycles. The van der Waals surface area contributed by atoms with E-state index in [9.17, 15) is 0 Å². The molecule has 1 heterocycles. The van der Waals surface area contributed by atoms with E-state index in [1.54, 1.807) is 0 Å². The monoisotopic (exact) mass is 312 g/mol. The fourth-order valence-electron chi connectivity index (χ4n) is 1.42. The molecule has 0 amide bonds. The van der Waals surface area contributed by atoms with Gasteiger partial charge in [0.05, 0.1) is 17.4 Å². The van der Waals surface area contributed by atoms with Crippen molar-refractivity contribution in [1.29, 1.82) is 0 Å². The highest BCUT2D eigenvalue weighted by atomic mass is 79.9. The van der Waals surface area contributed by atoms with Crippen molar-refractivity contribution in [2.75, 3.05) is 0 Å². The first-order chi connectivity index (χ1) is 8.06. The van der Waals surface area contributed by atoms with Crippen LogP contribution in [0, 0.1) is 13.8 Å². The average molecular weight is 314 g/mol. The Morgan fingerprint density at radius 3 is 2.18 bits per heavy atom. The second-order valence-electron chi connectivity index (χ2n) is 3.66. The molecule has 5 heteroatoms. The lowest BCUT2D eigenvalue weighted by atomic mass is 10.1. The molecule has 1 aromatic carbocycles. The fraction of sp³-hybridized carbons (Fsp3) is 0.167. The van der Waals surface area contributed by atoms with E-state index in [0.29, 0.717) is 10.8 Å². The number of aryl methyl sites for hydroxylation is 2. The highest BCUT2D eigenvalue weighted by molar-refractivity contribution is 9.10. The standard InChI is InChI=1S/C12H10BrClN2O/c1-7-3-10(4-8(2)11(7)13)17-12-15-5-9(14)6-16-12/h3-6H,1-2H3. The number of aromatic nitrogens is 2. The predicted octanol–water partition coefficient (Wildman–Crippen LogP) is 4.30. The van der Waals surface area contributed by atoms with Crippen LogP contribution in [0.2, 0.25) is 5.02 Å². The van der Waals surface area contributed by atoms with E-state index in [1.807, 2.05) is 26.0 Å². The molecule has 0 saturated carbocycles. The molecule has 0 saturated heterocycles. The summed E-state index contributed by atoms with van der Waals surface area (Å²) < 4.78 is 6.63. The van der Waals surface area contributed by atoms with Gasteiger partial charge in [-0.05, 0) is 37.1 Å². The van der Waals surface area contributed by atoms with E-state index in [1.165, 1.54) is 12.4 Å². The van der Waals surface area contributed by atoms with E-state index < -0.39 is 0 Å². The van der Waals surface area contributed by atoms with Gasteiger partial charge in [-0.25, -0.2) is 9.97 Å². The summed E-state index contributed by atoms with van der Waals surface area (Å²) in [5.74, 6) is 0.713. The molecule has 0 aliphatic rings. The maximum Gasteiger partial charge on any atom is 0.321 e. The zero-order chi connectivity index (χ0) is 12.4. The maximum atomic E-state index is 5.70.